The van der Waals surface area contributed by atoms with Crippen LogP contribution >= 0.6 is 0 Å². The van der Waals surface area contributed by atoms with Crippen molar-refractivity contribution >= 4 is 32.7 Å². The Bertz CT molecular complexity index is 1090. The number of amidine groups is 1. The normalized spacial score (nSPS) is 13.3. The molecule has 0 aliphatic rings. The predicted octanol–water partition coefficient (Wildman–Crippen LogP) is 0.00857. The molecule has 0 spiro atoms. The summed E-state index contributed by atoms with van der Waals surface area (Å²) in [5.41, 5.74) is 4.75. The molecule has 1 amide bonds. The van der Waals surface area contributed by atoms with Crippen LogP contribution in [0.4, 0.5) is 4.79 Å². The van der Waals surface area contributed by atoms with Gasteiger partial charge in [0, 0.05) is 17.9 Å². The van der Waals surface area contributed by atoms with Gasteiger partial charge in [0.15, 0.2) is 0 Å². The van der Waals surface area contributed by atoms with E-state index < -0.39 is 33.0 Å². The van der Waals surface area contributed by atoms with Crippen molar-refractivity contribution in [1.29, 1.82) is 5.41 Å². The van der Waals surface area contributed by atoms with Crippen molar-refractivity contribution in [3.05, 3.63) is 34.7 Å². The van der Waals surface area contributed by atoms with Gasteiger partial charge in [-0.05, 0) is 17.5 Å². The van der Waals surface area contributed by atoms with E-state index in [4.69, 9.17) is 10.9 Å². The topological polar surface area (TPSA) is 152 Å². The molecule has 11 heteroatoms. The van der Waals surface area contributed by atoms with Gasteiger partial charge in [0.05, 0.1) is 16.8 Å². The molecule has 1 aromatic heterocycles. The third-order valence-electron chi connectivity index (χ3n) is 4.27. The zero-order valence-electron chi connectivity index (χ0n) is 16.3. The number of nitrogens with zero attached hydrogens (tertiary/aromatic N) is 3. The summed E-state index contributed by atoms with van der Waals surface area (Å²) in [5.74, 6) is -0.459. The Kier molecular flexibility index (Phi) is 5.88. The van der Waals surface area contributed by atoms with Crippen molar-refractivity contribution in [1.82, 2.24) is 14.5 Å². The molecule has 1 atom stereocenters. The fourth-order valence-electron chi connectivity index (χ4n) is 2.84. The number of hydrogen-bond donors (Lipinski definition) is 3. The van der Waals surface area contributed by atoms with Crippen LogP contribution in [-0.4, -0.2) is 47.5 Å². The van der Waals surface area contributed by atoms with Gasteiger partial charge in [-0.2, -0.15) is 5.53 Å². The summed E-state index contributed by atoms with van der Waals surface area (Å²) in [6.07, 6.45) is 1.08. The lowest BCUT2D eigenvalue weighted by Crippen LogP contribution is -2.52. The van der Waals surface area contributed by atoms with Crippen LogP contribution in [0.1, 0.15) is 20.8 Å². The molecule has 0 aliphatic heterocycles. The minimum atomic E-state index is -3.30. The fraction of sp³-hybridized carbons (Fsp3) is 0.471. The van der Waals surface area contributed by atoms with Crippen LogP contribution in [-0.2, 0) is 16.4 Å². The third kappa shape index (κ3) is 4.53. The van der Waals surface area contributed by atoms with Crippen LogP contribution in [0.15, 0.2) is 34.2 Å². The van der Waals surface area contributed by atoms with Crippen LogP contribution in [0.5, 0.6) is 0 Å². The Morgan fingerprint density at radius 2 is 1.86 bits per heavy atom. The van der Waals surface area contributed by atoms with E-state index in [1.165, 1.54) is 4.57 Å². The first-order chi connectivity index (χ1) is 12.9. The number of carbonyl (C=O) groups is 1. The molecular weight excluding hydrogens is 384 g/mol. The average molecular weight is 409 g/mol. The van der Waals surface area contributed by atoms with E-state index in [-0.39, 0.29) is 18.1 Å². The van der Waals surface area contributed by atoms with Gasteiger partial charge in [-0.1, -0.05) is 32.9 Å². The van der Waals surface area contributed by atoms with Crippen molar-refractivity contribution in [2.24, 2.45) is 10.5 Å². The summed E-state index contributed by atoms with van der Waals surface area (Å²) >= 11 is 0. The van der Waals surface area contributed by atoms with Gasteiger partial charge in [0.1, 0.15) is 15.9 Å². The minimum Gasteiger partial charge on any atom is -0.326 e. The highest BCUT2D eigenvalue weighted by atomic mass is 32.2. The summed E-state index contributed by atoms with van der Waals surface area (Å²) in [6.45, 7) is 5.33. The molecule has 0 saturated heterocycles. The standard InChI is InChI=1S/C17H24N6O4S/c1-17(2,3)13(14(18)21-19)20-15(24)23-12-8-6-5-7-11(12)22(16(23)25)9-10-28(4,26)27/h5-8,13,18-19H,9-10H2,1-4H3,(H,20,24)/p+1/t13-/m1/s1. The SMILES string of the molecule is CC(C)(C)[C@H](NC(=O)n1c(=O)n(CCS(C)(=O)=O)c2ccccc21)C(=N)N=[NH2+]. The molecule has 1 aromatic carbocycles. The Hall–Kier alpha value is -2.82. The second kappa shape index (κ2) is 7.66. The number of carbonyl (C=O) groups excluding carboxylic acids is 1. The number of imidazole rings is 1. The molecule has 0 saturated carbocycles. The molecule has 1 heterocycles. The Morgan fingerprint density at radius 1 is 1.29 bits per heavy atom. The van der Waals surface area contributed by atoms with E-state index in [9.17, 15) is 18.0 Å². The molecule has 152 valence electrons. The Morgan fingerprint density at radius 3 is 2.36 bits per heavy atom. The van der Waals surface area contributed by atoms with E-state index in [2.05, 4.69) is 10.4 Å². The molecule has 4 N–H and O–H groups in total. The van der Waals surface area contributed by atoms with Crippen molar-refractivity contribution in [3.8, 4) is 0 Å². The van der Waals surface area contributed by atoms with Gasteiger partial charge < -0.3 is 5.32 Å². The van der Waals surface area contributed by atoms with Crippen LogP contribution in [0.3, 0.4) is 0 Å². The highest BCUT2D eigenvalue weighted by molar-refractivity contribution is 7.90. The smallest absolute Gasteiger partial charge is 0.326 e. The van der Waals surface area contributed by atoms with E-state index in [0.29, 0.717) is 11.0 Å². The maximum atomic E-state index is 12.9. The third-order valence-corrected chi connectivity index (χ3v) is 5.19. The number of para-hydroxylation sites is 2. The summed E-state index contributed by atoms with van der Waals surface area (Å²) < 4.78 is 25.2. The van der Waals surface area contributed by atoms with Crippen molar-refractivity contribution in [2.75, 3.05) is 12.0 Å². The second-order valence-electron chi connectivity index (χ2n) is 7.65. The van der Waals surface area contributed by atoms with Crippen LogP contribution in [0, 0.1) is 10.8 Å². The molecule has 0 bridgehead atoms. The number of rotatable bonds is 5. The largest absolute Gasteiger partial charge is 0.337 e. The number of aryl methyl sites for hydroxylation is 1. The number of fused-ring (bicyclic) bond motifs is 1. The number of nitrogens with one attached hydrogen (secondary N) is 2. The molecule has 2 rings (SSSR count). The van der Waals surface area contributed by atoms with Crippen LogP contribution in [0.25, 0.3) is 11.0 Å². The lowest BCUT2D eigenvalue weighted by molar-refractivity contribution is -0.208. The number of nitrogens with two attached hydrogens (primary N) is 1. The predicted molar refractivity (Wildman–Crippen MR) is 105 cm³/mol. The quantitative estimate of drug-likeness (QED) is 0.362. The first-order valence-corrected chi connectivity index (χ1v) is 10.6. The monoisotopic (exact) mass is 409 g/mol. The molecule has 2 aromatic rings. The number of benzene rings is 1. The number of aromatic nitrogens is 2. The highest BCUT2D eigenvalue weighted by Crippen LogP contribution is 2.21. The van der Waals surface area contributed by atoms with Gasteiger partial charge in [0.2, 0.25) is 5.84 Å². The average Bonchev–Trinajstić information content (AvgIpc) is 2.87. The molecule has 0 fully saturated rings. The zero-order chi connectivity index (χ0) is 21.3. The van der Waals surface area contributed by atoms with Gasteiger partial charge in [-0.3, -0.25) is 9.98 Å². The van der Waals surface area contributed by atoms with Gasteiger partial charge >= 0.3 is 11.7 Å². The maximum absolute atomic E-state index is 12.9. The zero-order valence-corrected chi connectivity index (χ0v) is 17.1. The first-order valence-electron chi connectivity index (χ1n) is 8.55. The van der Waals surface area contributed by atoms with E-state index >= 15 is 0 Å². The first kappa shape index (κ1) is 21.5. The number of amides is 1. The van der Waals surface area contributed by atoms with Gasteiger partial charge in [-0.25, -0.2) is 22.6 Å². The maximum Gasteiger partial charge on any atom is 0.337 e. The molecule has 0 unspecified atom stereocenters. The van der Waals surface area contributed by atoms with E-state index in [1.54, 1.807) is 45.0 Å². The van der Waals surface area contributed by atoms with Crippen LogP contribution in [0.2, 0.25) is 0 Å². The molecular formula is C17H25N6O4S+. The van der Waals surface area contributed by atoms with E-state index in [1.807, 2.05) is 0 Å². The lowest BCUT2D eigenvalue weighted by atomic mass is 9.86. The fourth-order valence-corrected chi connectivity index (χ4v) is 3.35. The molecule has 0 radical (unpaired) electrons. The van der Waals surface area contributed by atoms with Gasteiger partial charge in [-0.15, -0.1) is 0 Å². The lowest BCUT2D eigenvalue weighted by Gasteiger charge is -2.28. The number of hydrogen-bond acceptors (Lipinski definition) is 5. The van der Waals surface area contributed by atoms with Gasteiger partial charge in [0.25, 0.3) is 0 Å². The molecule has 0 aliphatic carbocycles. The highest BCUT2D eigenvalue weighted by Gasteiger charge is 2.33. The number of sulfone groups is 1. The summed E-state index contributed by atoms with van der Waals surface area (Å²) in [6, 6.07) is 5.04. The summed E-state index contributed by atoms with van der Waals surface area (Å²) in [4.78, 5) is 25.8. The summed E-state index contributed by atoms with van der Waals surface area (Å²) in [5, 5.41) is 13.9. The molecule has 10 nitrogen and oxygen atoms in total. The Balaban J connectivity index is 2.53. The molecule has 28 heavy (non-hydrogen) atoms. The minimum absolute atomic E-state index is 0.0743. The van der Waals surface area contributed by atoms with Crippen molar-refractivity contribution in [2.45, 2.75) is 33.4 Å². The second-order valence-corrected chi connectivity index (χ2v) is 9.91. The van der Waals surface area contributed by atoms with Crippen LogP contribution < -0.4 is 16.5 Å². The van der Waals surface area contributed by atoms with Crippen molar-refractivity contribution in [3.63, 3.8) is 0 Å². The Labute approximate surface area is 162 Å². The van der Waals surface area contributed by atoms with E-state index in [0.717, 1.165) is 10.8 Å². The summed E-state index contributed by atoms with van der Waals surface area (Å²) in [7, 11) is -3.30. The van der Waals surface area contributed by atoms with Crippen molar-refractivity contribution < 1.29 is 18.7 Å².